The fourth-order valence-electron chi connectivity index (χ4n) is 5.83. The predicted molar refractivity (Wildman–Crippen MR) is 116 cm³/mol. The van der Waals surface area contributed by atoms with Crippen LogP contribution in [0.2, 0.25) is 0 Å². The molecular formula is C21H24N4O10S. The topological polar surface area (TPSA) is 174 Å². The van der Waals surface area contributed by atoms with Gasteiger partial charge < -0.3 is 14.5 Å². The Labute approximate surface area is 208 Å². The van der Waals surface area contributed by atoms with Crippen LogP contribution in [0.25, 0.3) is 0 Å². The lowest BCUT2D eigenvalue weighted by molar-refractivity contribution is -0.758. The summed E-state index contributed by atoms with van der Waals surface area (Å²) in [5, 5.41) is 9.05. The van der Waals surface area contributed by atoms with Crippen molar-refractivity contribution < 1.29 is 43.4 Å². The lowest BCUT2D eigenvalue weighted by atomic mass is 9.81. The second kappa shape index (κ2) is 8.71. The molecule has 0 aromatic rings. The fourth-order valence-corrected chi connectivity index (χ4v) is 7.55. The second-order valence-electron chi connectivity index (χ2n) is 9.76. The van der Waals surface area contributed by atoms with Crippen LogP contribution in [0.15, 0.2) is 0 Å². The van der Waals surface area contributed by atoms with E-state index in [4.69, 9.17) is 4.74 Å². The summed E-state index contributed by atoms with van der Waals surface area (Å²) in [6.07, 6.45) is 2.79. The van der Waals surface area contributed by atoms with Gasteiger partial charge in [-0.2, -0.15) is 0 Å². The highest BCUT2D eigenvalue weighted by atomic mass is 32.2. The SMILES string of the molecule is CC1(CO[N+](=O)[O-])SC2C(N3C(=O)C4CCCCC4C3=O)C(=O)N2C1C(=O)OCN1C(=O)CCC1=O. The Morgan fingerprint density at radius 3 is 2.19 bits per heavy atom. The Bertz CT molecular complexity index is 1040. The zero-order valence-corrected chi connectivity index (χ0v) is 20.1. The first-order valence-electron chi connectivity index (χ1n) is 11.7. The monoisotopic (exact) mass is 524 g/mol. The van der Waals surface area contributed by atoms with Gasteiger partial charge in [-0.05, 0) is 19.8 Å². The molecule has 0 spiro atoms. The Morgan fingerprint density at radius 1 is 1.06 bits per heavy atom. The molecular weight excluding hydrogens is 500 g/mol. The van der Waals surface area contributed by atoms with E-state index in [1.54, 1.807) is 0 Å². The normalized spacial score (nSPS) is 35.6. The molecule has 5 aliphatic rings. The maximum absolute atomic E-state index is 13.3. The van der Waals surface area contributed by atoms with Gasteiger partial charge in [-0.1, -0.05) is 12.8 Å². The van der Waals surface area contributed by atoms with Crippen molar-refractivity contribution in [3.8, 4) is 0 Å². The molecule has 5 amide bonds. The first-order valence-corrected chi connectivity index (χ1v) is 12.6. The molecule has 4 saturated heterocycles. The highest BCUT2D eigenvalue weighted by Gasteiger charge is 2.70. The van der Waals surface area contributed by atoms with Crippen LogP contribution in [0.4, 0.5) is 0 Å². The van der Waals surface area contributed by atoms with Crippen LogP contribution in [0.1, 0.15) is 45.4 Å². The molecule has 194 valence electrons. The van der Waals surface area contributed by atoms with Crippen molar-refractivity contribution in [2.45, 2.75) is 67.7 Å². The van der Waals surface area contributed by atoms with Crippen molar-refractivity contribution in [1.29, 1.82) is 0 Å². The molecule has 4 heterocycles. The predicted octanol–water partition coefficient (Wildman–Crippen LogP) is -0.569. The lowest BCUT2D eigenvalue weighted by Crippen LogP contribution is -2.71. The number of carbonyl (C=O) groups is 6. The quantitative estimate of drug-likeness (QED) is 0.137. The summed E-state index contributed by atoms with van der Waals surface area (Å²) in [6.45, 7) is 0.258. The largest absolute Gasteiger partial charge is 0.442 e. The van der Waals surface area contributed by atoms with Crippen molar-refractivity contribution in [2.24, 2.45) is 11.8 Å². The summed E-state index contributed by atoms with van der Waals surface area (Å²) in [4.78, 5) is 94.6. The smallest absolute Gasteiger partial charge is 0.332 e. The van der Waals surface area contributed by atoms with Crippen molar-refractivity contribution >= 4 is 47.3 Å². The molecule has 6 atom stereocenters. The average molecular weight is 525 g/mol. The molecule has 0 radical (unpaired) electrons. The maximum Gasteiger partial charge on any atom is 0.332 e. The number of β-lactam (4-membered cyclic amide) rings is 1. The number of ether oxygens (including phenoxy) is 1. The number of rotatable bonds is 7. The number of nitrogens with zero attached hydrogens (tertiary/aromatic N) is 4. The molecule has 5 rings (SSSR count). The number of carbonyl (C=O) groups excluding carboxylic acids is 6. The molecule has 0 bridgehead atoms. The Morgan fingerprint density at radius 2 is 1.64 bits per heavy atom. The minimum absolute atomic E-state index is 0.00169. The second-order valence-corrected chi connectivity index (χ2v) is 11.4. The number of esters is 1. The van der Waals surface area contributed by atoms with Gasteiger partial charge in [0.25, 0.3) is 11.0 Å². The standard InChI is InChI=1S/C21H24N4O10S/c1-21(8-35-25(32)33)15(20(31)34-9-22-12(26)6-7-13(22)27)24-18(30)14(19(24)36-21)23-16(28)10-4-2-3-5-11(10)17(23)29/h10-11,14-15,19H,2-9H2,1H3. The van der Waals surface area contributed by atoms with Crippen molar-refractivity contribution in [2.75, 3.05) is 13.3 Å². The maximum atomic E-state index is 13.3. The molecule has 6 unspecified atom stereocenters. The van der Waals surface area contributed by atoms with E-state index >= 15 is 0 Å². The number of thioether (sulfide) groups is 1. The van der Waals surface area contributed by atoms with Crippen molar-refractivity contribution in [3.05, 3.63) is 10.1 Å². The Balaban J connectivity index is 1.37. The number of imide groups is 2. The van der Waals surface area contributed by atoms with Gasteiger partial charge in [0.05, 0.1) is 16.6 Å². The number of hydrogen-bond acceptors (Lipinski definition) is 11. The molecule has 15 heteroatoms. The third-order valence-electron chi connectivity index (χ3n) is 7.62. The zero-order valence-electron chi connectivity index (χ0n) is 19.3. The number of fused-ring (bicyclic) bond motifs is 2. The minimum Gasteiger partial charge on any atom is -0.442 e. The van der Waals surface area contributed by atoms with Crippen LogP contribution in [-0.4, -0.2) is 90.8 Å². The third kappa shape index (κ3) is 3.62. The Kier molecular flexibility index (Phi) is 5.92. The van der Waals surface area contributed by atoms with Gasteiger partial charge in [0.1, 0.15) is 24.1 Å². The summed E-state index contributed by atoms with van der Waals surface area (Å²) in [6, 6.07) is -2.49. The third-order valence-corrected chi connectivity index (χ3v) is 9.23. The number of amides is 5. The lowest BCUT2D eigenvalue weighted by Gasteiger charge is -2.46. The van der Waals surface area contributed by atoms with E-state index in [1.807, 2.05) is 0 Å². The Hall–Kier alpha value is -3.23. The summed E-state index contributed by atoms with van der Waals surface area (Å²) >= 11 is 1.02. The van der Waals surface area contributed by atoms with E-state index < -0.39 is 88.0 Å². The van der Waals surface area contributed by atoms with Crippen LogP contribution in [0.3, 0.4) is 0 Å². The molecule has 14 nitrogen and oxygen atoms in total. The molecule has 0 aromatic heterocycles. The summed E-state index contributed by atoms with van der Waals surface area (Å²) in [7, 11) is 0. The summed E-state index contributed by atoms with van der Waals surface area (Å²) in [5.41, 5.74) is 0. The molecule has 4 aliphatic heterocycles. The summed E-state index contributed by atoms with van der Waals surface area (Å²) in [5.74, 6) is -4.34. The number of likely N-dealkylation sites (tertiary alicyclic amines) is 2. The van der Waals surface area contributed by atoms with E-state index in [1.165, 1.54) is 6.92 Å². The first-order chi connectivity index (χ1) is 17.0. The van der Waals surface area contributed by atoms with Gasteiger partial charge in [-0.3, -0.25) is 28.9 Å². The van der Waals surface area contributed by atoms with Gasteiger partial charge in [-0.25, -0.2) is 9.69 Å². The fraction of sp³-hybridized carbons (Fsp3) is 0.714. The van der Waals surface area contributed by atoms with Gasteiger partial charge in [0.15, 0.2) is 6.73 Å². The van der Waals surface area contributed by atoms with Crippen LogP contribution in [0, 0.1) is 22.0 Å². The van der Waals surface area contributed by atoms with Crippen LogP contribution in [-0.2, 0) is 38.3 Å². The van der Waals surface area contributed by atoms with Crippen LogP contribution >= 0.6 is 11.8 Å². The van der Waals surface area contributed by atoms with Crippen molar-refractivity contribution in [1.82, 2.24) is 14.7 Å². The highest BCUT2D eigenvalue weighted by molar-refractivity contribution is 8.01. The number of hydrogen-bond donors (Lipinski definition) is 0. The summed E-state index contributed by atoms with van der Waals surface area (Å²) < 4.78 is 3.84. The van der Waals surface area contributed by atoms with Gasteiger partial charge in [-0.15, -0.1) is 21.9 Å². The highest BCUT2D eigenvalue weighted by Crippen LogP contribution is 2.54. The van der Waals surface area contributed by atoms with Gasteiger partial charge >= 0.3 is 5.97 Å². The first kappa shape index (κ1) is 24.5. The molecule has 5 fully saturated rings. The van der Waals surface area contributed by atoms with E-state index in [0.717, 1.165) is 39.3 Å². The molecule has 1 saturated carbocycles. The molecule has 0 aromatic carbocycles. The van der Waals surface area contributed by atoms with E-state index in [0.29, 0.717) is 12.8 Å². The van der Waals surface area contributed by atoms with Crippen LogP contribution < -0.4 is 0 Å². The van der Waals surface area contributed by atoms with Gasteiger partial charge in [0, 0.05) is 12.8 Å². The molecule has 36 heavy (non-hydrogen) atoms. The van der Waals surface area contributed by atoms with E-state index in [2.05, 4.69) is 4.84 Å². The minimum atomic E-state index is -1.36. The van der Waals surface area contributed by atoms with E-state index in [9.17, 15) is 38.9 Å². The zero-order chi connectivity index (χ0) is 25.9. The molecule has 0 N–H and O–H groups in total. The van der Waals surface area contributed by atoms with Gasteiger partial charge in [0.2, 0.25) is 23.6 Å². The molecule has 1 aliphatic carbocycles. The van der Waals surface area contributed by atoms with Crippen LogP contribution in [0.5, 0.6) is 0 Å². The van der Waals surface area contributed by atoms with Crippen molar-refractivity contribution in [3.63, 3.8) is 0 Å². The average Bonchev–Trinajstić information content (AvgIpc) is 3.40. The van der Waals surface area contributed by atoms with E-state index in [-0.39, 0.29) is 12.8 Å².